The van der Waals surface area contributed by atoms with E-state index in [2.05, 4.69) is 33.1 Å². The summed E-state index contributed by atoms with van der Waals surface area (Å²) in [6.45, 7) is 7.80. The molecule has 1 atom stereocenters. The summed E-state index contributed by atoms with van der Waals surface area (Å²) in [6, 6.07) is 4.48. The van der Waals surface area contributed by atoms with Gasteiger partial charge >= 0.3 is 0 Å². The normalized spacial score (nSPS) is 21.5. The summed E-state index contributed by atoms with van der Waals surface area (Å²) in [7, 11) is 0. The number of carbonyl (C=O) groups excluding carboxylic acids is 1. The molecule has 1 unspecified atom stereocenters. The minimum Gasteiger partial charge on any atom is -0.340 e. The fraction of sp³-hybridized carbons (Fsp3) is 0.647. The van der Waals surface area contributed by atoms with Gasteiger partial charge in [0, 0.05) is 50.5 Å². The van der Waals surface area contributed by atoms with Crippen LogP contribution < -0.4 is 5.32 Å². The zero-order chi connectivity index (χ0) is 15.4. The van der Waals surface area contributed by atoms with Crippen LogP contribution in [0, 0.1) is 5.92 Å². The number of halogens is 1. The molecule has 0 radical (unpaired) electrons. The second-order valence-corrected chi connectivity index (χ2v) is 6.35. The van der Waals surface area contributed by atoms with Crippen LogP contribution >= 0.6 is 12.4 Å². The number of aromatic nitrogens is 1. The Morgan fingerprint density at radius 3 is 2.57 bits per heavy atom. The van der Waals surface area contributed by atoms with Crippen LogP contribution in [0.1, 0.15) is 31.4 Å². The molecule has 5 nitrogen and oxygen atoms in total. The predicted molar refractivity (Wildman–Crippen MR) is 93.6 cm³/mol. The molecule has 128 valence electrons. The summed E-state index contributed by atoms with van der Waals surface area (Å²) in [6.07, 6.45) is 5.74. The number of nitrogens with zero attached hydrogens (tertiary/aromatic N) is 3. The van der Waals surface area contributed by atoms with Gasteiger partial charge in [-0.1, -0.05) is 6.07 Å². The van der Waals surface area contributed by atoms with Crippen LogP contribution in [-0.4, -0.2) is 60.0 Å². The monoisotopic (exact) mass is 338 g/mol. The van der Waals surface area contributed by atoms with Crippen molar-refractivity contribution in [3.05, 3.63) is 30.1 Å². The fourth-order valence-corrected chi connectivity index (χ4v) is 3.49. The molecular weight excluding hydrogens is 312 g/mol. The van der Waals surface area contributed by atoms with Crippen LogP contribution in [0.5, 0.6) is 0 Å². The van der Waals surface area contributed by atoms with Crippen molar-refractivity contribution in [2.45, 2.75) is 25.8 Å². The summed E-state index contributed by atoms with van der Waals surface area (Å²) in [5, 5.41) is 3.33. The first-order chi connectivity index (χ1) is 10.8. The van der Waals surface area contributed by atoms with E-state index in [0.717, 1.165) is 52.1 Å². The van der Waals surface area contributed by atoms with Crippen molar-refractivity contribution < 1.29 is 4.79 Å². The Bertz CT molecular complexity index is 485. The van der Waals surface area contributed by atoms with Crippen LogP contribution in [0.3, 0.4) is 0 Å². The maximum Gasteiger partial charge on any atom is 0.225 e. The summed E-state index contributed by atoms with van der Waals surface area (Å²) < 4.78 is 0. The van der Waals surface area contributed by atoms with Crippen molar-refractivity contribution in [3.8, 4) is 0 Å². The van der Waals surface area contributed by atoms with Crippen molar-refractivity contribution in [2.75, 3.05) is 39.3 Å². The Morgan fingerprint density at radius 2 is 1.96 bits per heavy atom. The lowest BCUT2D eigenvalue weighted by Gasteiger charge is -2.39. The molecule has 2 aliphatic heterocycles. The molecule has 3 rings (SSSR count). The predicted octanol–water partition coefficient (Wildman–Crippen LogP) is 1.71. The van der Waals surface area contributed by atoms with E-state index in [1.807, 2.05) is 18.5 Å². The summed E-state index contributed by atoms with van der Waals surface area (Å²) in [4.78, 5) is 21.3. The Hall–Kier alpha value is -1.17. The lowest BCUT2D eigenvalue weighted by atomic mass is 9.96. The van der Waals surface area contributed by atoms with Crippen molar-refractivity contribution in [3.63, 3.8) is 0 Å². The largest absolute Gasteiger partial charge is 0.340 e. The third kappa shape index (κ3) is 4.43. The molecule has 0 bridgehead atoms. The second-order valence-electron chi connectivity index (χ2n) is 6.35. The summed E-state index contributed by atoms with van der Waals surface area (Å²) >= 11 is 0. The molecule has 0 aromatic carbocycles. The first-order valence-corrected chi connectivity index (χ1v) is 8.39. The third-order valence-corrected chi connectivity index (χ3v) is 5.03. The van der Waals surface area contributed by atoms with Crippen LogP contribution in [-0.2, 0) is 4.79 Å². The Kier molecular flexibility index (Phi) is 6.81. The molecule has 2 saturated heterocycles. The molecule has 1 aromatic rings. The van der Waals surface area contributed by atoms with Gasteiger partial charge in [0.2, 0.25) is 5.91 Å². The topological polar surface area (TPSA) is 48.5 Å². The van der Waals surface area contributed by atoms with Crippen LogP contribution in [0.4, 0.5) is 0 Å². The Labute approximate surface area is 144 Å². The van der Waals surface area contributed by atoms with E-state index in [1.165, 1.54) is 5.56 Å². The first-order valence-electron chi connectivity index (χ1n) is 8.39. The van der Waals surface area contributed by atoms with Gasteiger partial charge in [-0.15, -0.1) is 12.4 Å². The van der Waals surface area contributed by atoms with Crippen molar-refractivity contribution in [2.24, 2.45) is 5.92 Å². The molecule has 0 saturated carbocycles. The highest BCUT2D eigenvalue weighted by Gasteiger charge is 2.29. The molecule has 6 heteroatoms. The summed E-state index contributed by atoms with van der Waals surface area (Å²) in [5.74, 6) is 0.610. The maximum absolute atomic E-state index is 12.6. The molecule has 2 fully saturated rings. The van der Waals surface area contributed by atoms with Gasteiger partial charge in [-0.05, 0) is 44.5 Å². The van der Waals surface area contributed by atoms with Crippen molar-refractivity contribution in [1.82, 2.24) is 20.1 Å². The van der Waals surface area contributed by atoms with Gasteiger partial charge in [0.15, 0.2) is 0 Å². The number of hydrogen-bond acceptors (Lipinski definition) is 4. The molecule has 1 aromatic heterocycles. The molecule has 23 heavy (non-hydrogen) atoms. The standard InChI is InChI=1S/C17H26N4O.ClH/c1-14(16-3-2-6-19-13-16)20-9-11-21(12-10-20)17(22)15-4-7-18-8-5-15;/h2-3,6,13-15,18H,4-5,7-12H2,1H3;1H. The van der Waals surface area contributed by atoms with Crippen LogP contribution in [0.2, 0.25) is 0 Å². The van der Waals surface area contributed by atoms with Gasteiger partial charge in [0.1, 0.15) is 0 Å². The van der Waals surface area contributed by atoms with Gasteiger partial charge in [-0.25, -0.2) is 0 Å². The maximum atomic E-state index is 12.6. The zero-order valence-corrected chi connectivity index (χ0v) is 14.6. The molecule has 0 aliphatic carbocycles. The van der Waals surface area contributed by atoms with Gasteiger partial charge < -0.3 is 10.2 Å². The summed E-state index contributed by atoms with van der Waals surface area (Å²) in [5.41, 5.74) is 1.25. The van der Waals surface area contributed by atoms with E-state index in [4.69, 9.17) is 0 Å². The molecule has 0 spiro atoms. The SMILES string of the molecule is CC(c1cccnc1)N1CCN(C(=O)C2CCNCC2)CC1.Cl. The smallest absolute Gasteiger partial charge is 0.225 e. The van der Waals surface area contributed by atoms with Gasteiger partial charge in [-0.3, -0.25) is 14.7 Å². The number of carbonyl (C=O) groups is 1. The first kappa shape index (κ1) is 18.2. The fourth-order valence-electron chi connectivity index (χ4n) is 3.49. The van der Waals surface area contributed by atoms with E-state index in [1.54, 1.807) is 0 Å². The van der Waals surface area contributed by atoms with E-state index >= 15 is 0 Å². The van der Waals surface area contributed by atoms with E-state index in [-0.39, 0.29) is 18.3 Å². The highest BCUT2D eigenvalue weighted by molar-refractivity contribution is 5.85. The molecular formula is C17H27ClN4O. The molecule has 1 N–H and O–H groups in total. The zero-order valence-electron chi connectivity index (χ0n) is 13.8. The minimum absolute atomic E-state index is 0. The second kappa shape index (κ2) is 8.62. The van der Waals surface area contributed by atoms with Crippen LogP contribution in [0.15, 0.2) is 24.5 Å². The number of piperidine rings is 1. The quantitative estimate of drug-likeness (QED) is 0.911. The number of piperazine rings is 1. The van der Waals surface area contributed by atoms with E-state index in [0.29, 0.717) is 11.9 Å². The van der Waals surface area contributed by atoms with Gasteiger partial charge in [-0.2, -0.15) is 0 Å². The Balaban J connectivity index is 0.00000192. The highest BCUT2D eigenvalue weighted by atomic mass is 35.5. The highest BCUT2D eigenvalue weighted by Crippen LogP contribution is 2.22. The van der Waals surface area contributed by atoms with Crippen molar-refractivity contribution >= 4 is 18.3 Å². The Morgan fingerprint density at radius 1 is 1.26 bits per heavy atom. The van der Waals surface area contributed by atoms with Gasteiger partial charge in [0.05, 0.1) is 0 Å². The minimum atomic E-state index is 0. The third-order valence-electron chi connectivity index (χ3n) is 5.03. The molecule has 1 amide bonds. The van der Waals surface area contributed by atoms with E-state index in [9.17, 15) is 4.79 Å². The number of pyridine rings is 1. The number of rotatable bonds is 3. The average molecular weight is 339 g/mol. The van der Waals surface area contributed by atoms with Crippen molar-refractivity contribution in [1.29, 1.82) is 0 Å². The van der Waals surface area contributed by atoms with Crippen LogP contribution in [0.25, 0.3) is 0 Å². The lowest BCUT2D eigenvalue weighted by molar-refractivity contribution is -0.138. The average Bonchev–Trinajstić information content (AvgIpc) is 2.62. The molecule has 3 heterocycles. The molecule has 2 aliphatic rings. The lowest BCUT2D eigenvalue weighted by Crippen LogP contribution is -2.51. The van der Waals surface area contributed by atoms with E-state index < -0.39 is 0 Å². The number of amides is 1. The number of hydrogen-bond donors (Lipinski definition) is 1. The van der Waals surface area contributed by atoms with Gasteiger partial charge in [0.25, 0.3) is 0 Å². The number of nitrogens with one attached hydrogen (secondary N) is 1.